The van der Waals surface area contributed by atoms with Crippen LogP contribution in [0, 0.1) is 5.92 Å². The molecule has 0 radical (unpaired) electrons. The van der Waals surface area contributed by atoms with Crippen molar-refractivity contribution in [2.75, 3.05) is 13.7 Å². The van der Waals surface area contributed by atoms with Crippen molar-refractivity contribution in [2.24, 2.45) is 5.92 Å². The highest BCUT2D eigenvalue weighted by Crippen LogP contribution is 2.38. The van der Waals surface area contributed by atoms with E-state index < -0.39 is 0 Å². The van der Waals surface area contributed by atoms with Gasteiger partial charge in [0.2, 0.25) is 0 Å². The molecule has 1 saturated carbocycles. The van der Waals surface area contributed by atoms with Crippen LogP contribution in [0.15, 0.2) is 12.7 Å². The van der Waals surface area contributed by atoms with Crippen molar-refractivity contribution >= 4 is 0 Å². The van der Waals surface area contributed by atoms with E-state index in [2.05, 4.69) is 25.7 Å². The summed E-state index contributed by atoms with van der Waals surface area (Å²) in [5.74, 6) is 0.861. The highest BCUT2D eigenvalue weighted by molar-refractivity contribution is 4.97. The molecule has 0 spiro atoms. The molecular formula is C15H29NO. The zero-order chi connectivity index (χ0) is 12.7. The fourth-order valence-corrected chi connectivity index (χ4v) is 3.03. The number of hydrogen-bond acceptors (Lipinski definition) is 2. The van der Waals surface area contributed by atoms with E-state index in [0.717, 1.165) is 25.3 Å². The van der Waals surface area contributed by atoms with Crippen LogP contribution < -0.4 is 5.32 Å². The number of allylic oxidation sites excluding steroid dienone is 1. The Bertz CT molecular complexity index is 219. The molecule has 0 bridgehead atoms. The first kappa shape index (κ1) is 14.7. The Morgan fingerprint density at radius 1 is 1.47 bits per heavy atom. The SMILES string of the molecule is C=CCCC(NCC)C1(OC)CCC(C)CC1. The molecule has 0 amide bonds. The van der Waals surface area contributed by atoms with Crippen LogP contribution in [-0.4, -0.2) is 25.3 Å². The Hall–Kier alpha value is -0.340. The van der Waals surface area contributed by atoms with E-state index in [0.29, 0.717) is 6.04 Å². The molecule has 17 heavy (non-hydrogen) atoms. The molecule has 1 rings (SSSR count). The molecule has 100 valence electrons. The van der Waals surface area contributed by atoms with Crippen molar-refractivity contribution < 1.29 is 4.74 Å². The van der Waals surface area contributed by atoms with Gasteiger partial charge in [0.1, 0.15) is 0 Å². The van der Waals surface area contributed by atoms with Gasteiger partial charge in [0.05, 0.1) is 5.60 Å². The van der Waals surface area contributed by atoms with Crippen molar-refractivity contribution in [1.82, 2.24) is 5.32 Å². The van der Waals surface area contributed by atoms with E-state index in [1.165, 1.54) is 25.7 Å². The van der Waals surface area contributed by atoms with Crippen LogP contribution in [0.2, 0.25) is 0 Å². The average Bonchev–Trinajstić information content (AvgIpc) is 2.36. The molecule has 1 aliphatic rings. The molecule has 0 aromatic heterocycles. The van der Waals surface area contributed by atoms with E-state index >= 15 is 0 Å². The molecule has 0 heterocycles. The summed E-state index contributed by atoms with van der Waals surface area (Å²) in [6.07, 6.45) is 9.20. The maximum absolute atomic E-state index is 5.94. The quantitative estimate of drug-likeness (QED) is 0.686. The zero-order valence-electron chi connectivity index (χ0n) is 11.8. The second kappa shape index (κ2) is 7.17. The summed E-state index contributed by atoms with van der Waals surface area (Å²) >= 11 is 0. The summed E-state index contributed by atoms with van der Waals surface area (Å²) in [5.41, 5.74) is 0.0610. The second-order valence-corrected chi connectivity index (χ2v) is 5.43. The van der Waals surface area contributed by atoms with Gasteiger partial charge in [0.25, 0.3) is 0 Å². The number of hydrogen-bond donors (Lipinski definition) is 1. The molecule has 1 unspecified atom stereocenters. The highest BCUT2D eigenvalue weighted by Gasteiger charge is 2.40. The van der Waals surface area contributed by atoms with Gasteiger partial charge in [0, 0.05) is 13.2 Å². The van der Waals surface area contributed by atoms with Gasteiger partial charge in [-0.05, 0) is 51.0 Å². The third-order valence-corrected chi connectivity index (χ3v) is 4.27. The van der Waals surface area contributed by atoms with Crippen LogP contribution in [0.4, 0.5) is 0 Å². The molecule has 1 fully saturated rings. The first-order chi connectivity index (χ1) is 8.18. The number of rotatable bonds is 7. The standard InChI is InChI=1S/C15H29NO/c1-5-7-8-14(16-6-2)15(17-4)11-9-13(3)10-12-15/h5,13-14,16H,1,6-12H2,2-4H3. The van der Waals surface area contributed by atoms with Crippen LogP contribution in [-0.2, 0) is 4.74 Å². The maximum Gasteiger partial charge on any atom is 0.0831 e. The average molecular weight is 239 g/mol. The Labute approximate surface area is 107 Å². The summed E-state index contributed by atoms with van der Waals surface area (Å²) in [7, 11) is 1.88. The Kier molecular flexibility index (Phi) is 6.21. The van der Waals surface area contributed by atoms with Gasteiger partial charge in [-0.25, -0.2) is 0 Å². The summed E-state index contributed by atoms with van der Waals surface area (Å²) in [6.45, 7) is 9.38. The maximum atomic E-state index is 5.94. The summed E-state index contributed by atoms with van der Waals surface area (Å²) in [5, 5.41) is 3.62. The lowest BCUT2D eigenvalue weighted by Crippen LogP contribution is -2.53. The van der Waals surface area contributed by atoms with Crippen LogP contribution in [0.5, 0.6) is 0 Å². The third-order valence-electron chi connectivity index (χ3n) is 4.27. The third kappa shape index (κ3) is 3.82. The van der Waals surface area contributed by atoms with Crippen molar-refractivity contribution in [3.63, 3.8) is 0 Å². The van der Waals surface area contributed by atoms with Crippen molar-refractivity contribution in [3.05, 3.63) is 12.7 Å². The van der Waals surface area contributed by atoms with Crippen LogP contribution >= 0.6 is 0 Å². The predicted molar refractivity (Wildman–Crippen MR) is 74.3 cm³/mol. The first-order valence-corrected chi connectivity index (χ1v) is 7.08. The molecule has 1 N–H and O–H groups in total. The number of likely N-dealkylation sites (N-methyl/N-ethyl adjacent to an activating group) is 1. The van der Waals surface area contributed by atoms with Gasteiger partial charge in [-0.1, -0.05) is 19.9 Å². The molecule has 1 atom stereocenters. The second-order valence-electron chi connectivity index (χ2n) is 5.43. The van der Waals surface area contributed by atoms with Gasteiger partial charge in [0.15, 0.2) is 0 Å². The lowest BCUT2D eigenvalue weighted by atomic mass is 9.74. The predicted octanol–water partition coefficient (Wildman–Crippen LogP) is 3.53. The lowest BCUT2D eigenvalue weighted by molar-refractivity contribution is -0.0759. The summed E-state index contributed by atoms with van der Waals surface area (Å²) < 4.78 is 5.94. The molecule has 0 aromatic rings. The Balaban J connectivity index is 2.68. The number of ether oxygens (including phenoxy) is 1. The number of nitrogens with one attached hydrogen (secondary N) is 1. The van der Waals surface area contributed by atoms with Crippen LogP contribution in [0.1, 0.15) is 52.4 Å². The first-order valence-electron chi connectivity index (χ1n) is 7.08. The van der Waals surface area contributed by atoms with Crippen LogP contribution in [0.25, 0.3) is 0 Å². The van der Waals surface area contributed by atoms with E-state index in [9.17, 15) is 0 Å². The van der Waals surface area contributed by atoms with Gasteiger partial charge in [-0.3, -0.25) is 0 Å². The van der Waals surface area contributed by atoms with Crippen molar-refractivity contribution in [1.29, 1.82) is 0 Å². The van der Waals surface area contributed by atoms with Crippen molar-refractivity contribution in [3.8, 4) is 0 Å². The Morgan fingerprint density at radius 3 is 2.59 bits per heavy atom. The number of methoxy groups -OCH3 is 1. The molecule has 2 nitrogen and oxygen atoms in total. The van der Waals surface area contributed by atoms with E-state index in [4.69, 9.17) is 4.74 Å². The minimum atomic E-state index is 0.0610. The molecule has 0 saturated heterocycles. The minimum Gasteiger partial charge on any atom is -0.377 e. The molecule has 0 aromatic carbocycles. The van der Waals surface area contributed by atoms with E-state index in [-0.39, 0.29) is 5.60 Å². The van der Waals surface area contributed by atoms with E-state index in [1.807, 2.05) is 13.2 Å². The normalized spacial score (nSPS) is 31.1. The van der Waals surface area contributed by atoms with Gasteiger partial charge in [-0.15, -0.1) is 6.58 Å². The monoisotopic (exact) mass is 239 g/mol. The Morgan fingerprint density at radius 2 is 2.12 bits per heavy atom. The van der Waals surface area contributed by atoms with Gasteiger partial charge in [-0.2, -0.15) is 0 Å². The fourth-order valence-electron chi connectivity index (χ4n) is 3.03. The van der Waals surface area contributed by atoms with Crippen LogP contribution in [0.3, 0.4) is 0 Å². The fraction of sp³-hybridized carbons (Fsp3) is 0.867. The highest BCUT2D eigenvalue weighted by atomic mass is 16.5. The molecule has 2 heteroatoms. The lowest BCUT2D eigenvalue weighted by Gasteiger charge is -2.44. The minimum absolute atomic E-state index is 0.0610. The largest absolute Gasteiger partial charge is 0.377 e. The molecular weight excluding hydrogens is 210 g/mol. The molecule has 0 aliphatic heterocycles. The summed E-state index contributed by atoms with van der Waals surface area (Å²) in [6, 6.07) is 0.475. The zero-order valence-corrected chi connectivity index (χ0v) is 11.8. The van der Waals surface area contributed by atoms with Gasteiger partial charge >= 0.3 is 0 Å². The molecule has 1 aliphatic carbocycles. The smallest absolute Gasteiger partial charge is 0.0831 e. The topological polar surface area (TPSA) is 21.3 Å². The van der Waals surface area contributed by atoms with Crippen molar-refractivity contribution in [2.45, 2.75) is 64.0 Å². The van der Waals surface area contributed by atoms with E-state index in [1.54, 1.807) is 0 Å². The van der Waals surface area contributed by atoms with Gasteiger partial charge < -0.3 is 10.1 Å². The summed E-state index contributed by atoms with van der Waals surface area (Å²) in [4.78, 5) is 0.